The van der Waals surface area contributed by atoms with Crippen LogP contribution in [-0.2, 0) is 16.4 Å². The maximum atomic E-state index is 13.6. The summed E-state index contributed by atoms with van der Waals surface area (Å²) in [6.07, 6.45) is 0.541. The Balaban J connectivity index is 1.98. The van der Waals surface area contributed by atoms with Gasteiger partial charge in [-0.25, -0.2) is 12.4 Å². The van der Waals surface area contributed by atoms with Gasteiger partial charge in [-0.15, -0.1) is 0 Å². The predicted octanol–water partition coefficient (Wildman–Crippen LogP) is 5.85. The van der Waals surface area contributed by atoms with E-state index in [0.29, 0.717) is 11.9 Å². The molecule has 0 aliphatic carbocycles. The van der Waals surface area contributed by atoms with Gasteiger partial charge in [0.1, 0.15) is 0 Å². The van der Waals surface area contributed by atoms with Crippen LogP contribution in [0.3, 0.4) is 0 Å². The van der Waals surface area contributed by atoms with Crippen LogP contribution in [0.25, 0.3) is 10.9 Å². The summed E-state index contributed by atoms with van der Waals surface area (Å²) in [4.78, 5) is 0.289. The van der Waals surface area contributed by atoms with Crippen LogP contribution in [0, 0.1) is 13.8 Å². The van der Waals surface area contributed by atoms with Gasteiger partial charge in [-0.05, 0) is 65.2 Å². The monoisotopic (exact) mass is 453 g/mol. The zero-order chi connectivity index (χ0) is 19.9. The molecule has 0 spiro atoms. The van der Waals surface area contributed by atoms with E-state index in [4.69, 9.17) is 0 Å². The first-order valence-electron chi connectivity index (χ1n) is 9.03. The molecule has 0 atom stereocenters. The standard InChI is InChI=1S/C23H20BrNO2S/c1-16-10-12-21(13-11-16)28(26,27)25-20(14-18-7-4-3-6-17(18)2)15-19-8-5-9-22(24)23(19)25/h3-13,15H,14H2,1-2H3. The van der Waals surface area contributed by atoms with E-state index in [-0.39, 0.29) is 4.90 Å². The van der Waals surface area contributed by atoms with Gasteiger partial charge in [0.2, 0.25) is 0 Å². The number of fused-ring (bicyclic) bond motifs is 1. The highest BCUT2D eigenvalue weighted by molar-refractivity contribution is 9.10. The molecule has 0 bridgehead atoms. The van der Waals surface area contributed by atoms with Crippen LogP contribution in [0.5, 0.6) is 0 Å². The Hall–Kier alpha value is -2.37. The minimum Gasteiger partial charge on any atom is -0.236 e. The molecule has 3 nitrogen and oxygen atoms in total. The van der Waals surface area contributed by atoms with Gasteiger partial charge in [0.05, 0.1) is 10.4 Å². The fourth-order valence-electron chi connectivity index (χ4n) is 3.46. The summed E-state index contributed by atoms with van der Waals surface area (Å²) in [7, 11) is -3.74. The Kier molecular flexibility index (Phi) is 4.89. The summed E-state index contributed by atoms with van der Waals surface area (Å²) in [6.45, 7) is 3.99. The largest absolute Gasteiger partial charge is 0.268 e. The summed E-state index contributed by atoms with van der Waals surface area (Å²) >= 11 is 3.55. The van der Waals surface area contributed by atoms with Gasteiger partial charge >= 0.3 is 0 Å². The minimum atomic E-state index is -3.74. The lowest BCUT2D eigenvalue weighted by molar-refractivity contribution is 0.587. The molecular formula is C23H20BrNO2S. The maximum Gasteiger partial charge on any atom is 0.268 e. The molecule has 0 fully saturated rings. The van der Waals surface area contributed by atoms with Crippen LogP contribution >= 0.6 is 15.9 Å². The zero-order valence-electron chi connectivity index (χ0n) is 15.7. The van der Waals surface area contributed by atoms with Crippen LogP contribution in [0.1, 0.15) is 22.4 Å². The summed E-state index contributed by atoms with van der Waals surface area (Å²) in [6, 6.07) is 22.8. The number of nitrogens with zero attached hydrogens (tertiary/aromatic N) is 1. The van der Waals surface area contributed by atoms with Gasteiger partial charge in [0, 0.05) is 22.0 Å². The quantitative estimate of drug-likeness (QED) is 0.388. The SMILES string of the molecule is Cc1ccc(S(=O)(=O)n2c(Cc3ccccc3C)cc3cccc(Br)c32)cc1. The van der Waals surface area contributed by atoms with E-state index in [0.717, 1.165) is 32.2 Å². The number of benzene rings is 3. The average Bonchev–Trinajstić information content (AvgIpc) is 3.04. The van der Waals surface area contributed by atoms with E-state index in [1.807, 2.05) is 74.5 Å². The minimum absolute atomic E-state index is 0.289. The van der Waals surface area contributed by atoms with Crippen molar-refractivity contribution < 1.29 is 8.42 Å². The van der Waals surface area contributed by atoms with Crippen molar-refractivity contribution in [2.45, 2.75) is 25.2 Å². The third-order valence-electron chi connectivity index (χ3n) is 5.00. The van der Waals surface area contributed by atoms with E-state index in [9.17, 15) is 8.42 Å². The lowest BCUT2D eigenvalue weighted by Gasteiger charge is -2.14. The molecule has 0 saturated heterocycles. The van der Waals surface area contributed by atoms with Gasteiger partial charge in [0.25, 0.3) is 10.0 Å². The van der Waals surface area contributed by atoms with Crippen LogP contribution in [0.2, 0.25) is 0 Å². The van der Waals surface area contributed by atoms with Crippen LogP contribution in [-0.4, -0.2) is 12.4 Å². The highest BCUT2D eigenvalue weighted by Gasteiger charge is 2.24. The third kappa shape index (κ3) is 3.29. The second kappa shape index (κ2) is 7.22. The molecule has 28 heavy (non-hydrogen) atoms. The van der Waals surface area contributed by atoms with E-state index >= 15 is 0 Å². The lowest BCUT2D eigenvalue weighted by Crippen LogP contribution is -2.16. The summed E-state index contributed by atoms with van der Waals surface area (Å²) in [5, 5.41) is 0.897. The highest BCUT2D eigenvalue weighted by Crippen LogP contribution is 2.32. The normalized spacial score (nSPS) is 11.8. The highest BCUT2D eigenvalue weighted by atomic mass is 79.9. The number of hydrogen-bond acceptors (Lipinski definition) is 2. The number of halogens is 1. The third-order valence-corrected chi connectivity index (χ3v) is 7.40. The first-order chi connectivity index (χ1) is 13.4. The lowest BCUT2D eigenvalue weighted by atomic mass is 10.0. The number of para-hydroxylation sites is 1. The second-order valence-corrected chi connectivity index (χ2v) is 9.64. The van der Waals surface area contributed by atoms with Crippen molar-refractivity contribution in [2.75, 3.05) is 0 Å². The van der Waals surface area contributed by atoms with Gasteiger partial charge in [-0.3, -0.25) is 0 Å². The molecule has 0 saturated carbocycles. The molecule has 0 radical (unpaired) electrons. The van der Waals surface area contributed by atoms with Crippen molar-refractivity contribution in [3.8, 4) is 0 Å². The average molecular weight is 454 g/mol. The van der Waals surface area contributed by atoms with Crippen LogP contribution in [0.4, 0.5) is 0 Å². The molecule has 0 aliphatic heterocycles. The van der Waals surface area contributed by atoms with Gasteiger partial charge in [0.15, 0.2) is 0 Å². The first kappa shape index (κ1) is 19.0. The van der Waals surface area contributed by atoms with Crippen molar-refractivity contribution in [1.29, 1.82) is 0 Å². The van der Waals surface area contributed by atoms with E-state index < -0.39 is 10.0 Å². The fraction of sp³-hybridized carbons (Fsp3) is 0.130. The molecule has 0 amide bonds. The van der Waals surface area contributed by atoms with Crippen molar-refractivity contribution in [3.63, 3.8) is 0 Å². The molecule has 0 aliphatic rings. The maximum absolute atomic E-state index is 13.6. The molecule has 142 valence electrons. The summed E-state index contributed by atoms with van der Waals surface area (Å²) < 4.78 is 29.5. The van der Waals surface area contributed by atoms with E-state index in [1.54, 1.807) is 12.1 Å². The molecule has 3 aromatic carbocycles. The Morgan fingerprint density at radius 3 is 2.32 bits per heavy atom. The van der Waals surface area contributed by atoms with Crippen molar-refractivity contribution in [1.82, 2.24) is 3.97 Å². The molecule has 0 N–H and O–H groups in total. The van der Waals surface area contributed by atoms with Crippen molar-refractivity contribution in [2.24, 2.45) is 0 Å². The van der Waals surface area contributed by atoms with Gasteiger partial charge in [-0.2, -0.15) is 0 Å². The van der Waals surface area contributed by atoms with E-state index in [2.05, 4.69) is 15.9 Å². The van der Waals surface area contributed by atoms with Crippen LogP contribution in [0.15, 0.2) is 82.2 Å². The smallest absolute Gasteiger partial charge is 0.236 e. The topological polar surface area (TPSA) is 39.1 Å². The molecule has 4 aromatic rings. The first-order valence-corrected chi connectivity index (χ1v) is 11.3. The Bertz CT molecular complexity index is 1270. The number of rotatable bonds is 4. The summed E-state index contributed by atoms with van der Waals surface area (Å²) in [5.41, 5.74) is 4.70. The fourth-order valence-corrected chi connectivity index (χ4v) is 5.70. The second-order valence-electron chi connectivity index (χ2n) is 7.00. The van der Waals surface area contributed by atoms with Gasteiger partial charge < -0.3 is 0 Å². The predicted molar refractivity (Wildman–Crippen MR) is 117 cm³/mol. The number of aromatic nitrogens is 1. The van der Waals surface area contributed by atoms with Crippen molar-refractivity contribution >= 4 is 36.9 Å². The molecule has 0 unspecified atom stereocenters. The molecule has 1 aromatic heterocycles. The van der Waals surface area contributed by atoms with Crippen molar-refractivity contribution in [3.05, 3.63) is 99.7 Å². The summed E-state index contributed by atoms with van der Waals surface area (Å²) in [5.74, 6) is 0. The number of hydrogen-bond donors (Lipinski definition) is 0. The zero-order valence-corrected chi connectivity index (χ0v) is 18.1. The van der Waals surface area contributed by atoms with Gasteiger partial charge in [-0.1, -0.05) is 54.1 Å². The molecular weight excluding hydrogens is 434 g/mol. The Morgan fingerprint density at radius 1 is 0.893 bits per heavy atom. The number of aryl methyl sites for hydroxylation is 2. The Morgan fingerprint density at radius 2 is 1.61 bits per heavy atom. The van der Waals surface area contributed by atoms with E-state index in [1.165, 1.54) is 3.97 Å². The van der Waals surface area contributed by atoms with Crippen LogP contribution < -0.4 is 0 Å². The molecule has 5 heteroatoms. The molecule has 4 rings (SSSR count). The molecule has 1 heterocycles. The Labute approximate surface area is 173 Å².